The number of carbonyl (C=O) groups excluding carboxylic acids is 7. The molecule has 0 spiro atoms. The van der Waals surface area contributed by atoms with Gasteiger partial charge in [-0.15, -0.1) is 0 Å². The fourth-order valence-electron chi connectivity index (χ4n) is 13.0. The molecule has 6 aliphatic rings. The van der Waals surface area contributed by atoms with Gasteiger partial charge in [0.2, 0.25) is 0 Å². The lowest BCUT2D eigenvalue weighted by atomic mass is 9.95. The number of urea groups is 2. The highest BCUT2D eigenvalue weighted by atomic mass is 16.2. The highest BCUT2D eigenvalue weighted by Crippen LogP contribution is 2.43. The lowest BCUT2D eigenvalue weighted by molar-refractivity contribution is -0.121. The Morgan fingerprint density at radius 3 is 1.43 bits per heavy atom. The minimum Gasteiger partial charge on any atom is -0.399 e. The molecule has 416 valence electrons. The van der Waals surface area contributed by atoms with Crippen molar-refractivity contribution in [3.63, 3.8) is 0 Å². The van der Waals surface area contributed by atoms with Crippen molar-refractivity contribution in [1.82, 2.24) is 47.5 Å². The van der Waals surface area contributed by atoms with Crippen LogP contribution in [0.4, 0.5) is 15.3 Å². The van der Waals surface area contributed by atoms with Gasteiger partial charge in [0.1, 0.15) is 17.1 Å². The van der Waals surface area contributed by atoms with E-state index in [1.54, 1.807) is 19.3 Å². The number of hydrogen-bond donors (Lipinski definition) is 1. The van der Waals surface area contributed by atoms with Crippen LogP contribution in [0.5, 0.6) is 0 Å². The van der Waals surface area contributed by atoms with Crippen LogP contribution in [0.25, 0.3) is 55.4 Å². The summed E-state index contributed by atoms with van der Waals surface area (Å²) in [5.74, 6) is -0.802. The van der Waals surface area contributed by atoms with Crippen LogP contribution >= 0.6 is 0 Å². The summed E-state index contributed by atoms with van der Waals surface area (Å²) in [6.07, 6.45) is 17.3. The van der Waals surface area contributed by atoms with E-state index in [2.05, 4.69) is 19.1 Å². The first-order chi connectivity index (χ1) is 38.4. The average molecular weight is 1090 g/mol. The van der Waals surface area contributed by atoms with Gasteiger partial charge in [0, 0.05) is 135 Å². The molecule has 2 aliphatic carbocycles. The molecule has 0 bridgehead atoms. The quantitative estimate of drug-likeness (QED) is 0.123. The van der Waals surface area contributed by atoms with E-state index in [4.69, 9.17) is 5.73 Å². The number of benzene rings is 2. The van der Waals surface area contributed by atoms with Crippen molar-refractivity contribution in [2.75, 3.05) is 45.0 Å². The molecule has 8 aromatic rings. The Bertz CT molecular complexity index is 4000. The van der Waals surface area contributed by atoms with Crippen LogP contribution in [0.1, 0.15) is 112 Å². The van der Waals surface area contributed by atoms with Gasteiger partial charge in [0.15, 0.2) is 23.1 Å². The van der Waals surface area contributed by atoms with Crippen molar-refractivity contribution in [1.29, 1.82) is 0 Å². The summed E-state index contributed by atoms with van der Waals surface area (Å²) in [7, 11) is 0. The Morgan fingerprint density at radius 1 is 0.519 bits per heavy atom. The molecule has 18 heteroatoms. The number of pyridine rings is 2. The minimum atomic E-state index is -0.220. The standard InChI is InChI=1S/C32H31N5O4.C29H28N6O3.2CH4/c1-20(38)13-21-14-22-18-36(32(41)34-8-4-2-5-9-34)12-11-35-19-24(23(15-21)31(22)35)29-26(39)16-27(40)30(29)25-17-33-28-7-3-6-10-37(25)28;30-19-12-18-16-34(29(38)32-7-3-1-4-8-32)11-10-33-17-21(20(13-19)28(18)33)26-23(36)14-24(37)27(26)22-15-31-25-6-2-5-9-35(22)25;;/h3,6-7,10,14-15,17,19H,2,4-5,8-9,11-13,16,18H2,1H3;2,5-6,9,12-13,15,17H,1,3-4,7-8,10-11,14,16,30H2;2*1H4. The molecule has 4 amide bonds. The molecule has 0 unspecified atom stereocenters. The molecular formula is C63H67N11O7. The van der Waals surface area contributed by atoms with Crippen LogP contribution in [0, 0.1) is 0 Å². The number of Topliss-reactive ketones (excluding diaryl/α,β-unsaturated/α-hetero) is 5. The molecule has 81 heavy (non-hydrogen) atoms. The number of imidazole rings is 2. The summed E-state index contributed by atoms with van der Waals surface area (Å²) in [5.41, 5.74) is 17.2. The number of aromatic nitrogens is 6. The second kappa shape index (κ2) is 21.6. The van der Waals surface area contributed by atoms with Crippen molar-refractivity contribution in [2.24, 2.45) is 0 Å². The van der Waals surface area contributed by atoms with Crippen molar-refractivity contribution in [3.8, 4) is 0 Å². The number of likely N-dealkylation sites (tertiary alicyclic amines) is 2. The molecule has 2 saturated heterocycles. The number of hydrogen-bond acceptors (Lipinski definition) is 10. The molecule has 0 radical (unpaired) electrons. The predicted molar refractivity (Wildman–Crippen MR) is 312 cm³/mol. The van der Waals surface area contributed by atoms with Gasteiger partial charge in [0.05, 0.1) is 58.8 Å². The maximum atomic E-state index is 13.5. The molecule has 14 rings (SSSR count). The molecule has 0 atom stereocenters. The number of ketones is 5. The van der Waals surface area contributed by atoms with Crippen LogP contribution in [-0.2, 0) is 56.6 Å². The first kappa shape index (κ1) is 54.0. The number of nitrogens with two attached hydrogens (primary N) is 1. The van der Waals surface area contributed by atoms with E-state index in [1.807, 2.05) is 114 Å². The third-order valence-corrected chi connectivity index (χ3v) is 16.5. The van der Waals surface area contributed by atoms with E-state index >= 15 is 0 Å². The molecule has 2 fully saturated rings. The summed E-state index contributed by atoms with van der Waals surface area (Å²) in [4.78, 5) is 109. The highest BCUT2D eigenvalue weighted by molar-refractivity contribution is 6.52. The van der Waals surface area contributed by atoms with E-state index in [0.717, 1.165) is 96.8 Å². The zero-order chi connectivity index (χ0) is 54.2. The summed E-state index contributed by atoms with van der Waals surface area (Å²) < 4.78 is 7.90. The molecule has 4 aliphatic heterocycles. The summed E-state index contributed by atoms with van der Waals surface area (Å²) in [6, 6.07) is 19.2. The second-order valence-corrected chi connectivity index (χ2v) is 21.8. The number of piperidine rings is 2. The Balaban J connectivity index is 0.000000167. The lowest BCUT2D eigenvalue weighted by Gasteiger charge is -2.32. The van der Waals surface area contributed by atoms with E-state index in [1.165, 1.54) is 6.42 Å². The number of carbonyl (C=O) groups is 7. The van der Waals surface area contributed by atoms with Gasteiger partial charge in [0.25, 0.3) is 0 Å². The fraction of sp³-hybridized carbons (Fsp3) is 0.349. The zero-order valence-corrected chi connectivity index (χ0v) is 44.1. The van der Waals surface area contributed by atoms with E-state index in [0.29, 0.717) is 101 Å². The van der Waals surface area contributed by atoms with Gasteiger partial charge in [-0.05, 0) is 105 Å². The molecular weight excluding hydrogens is 1020 g/mol. The number of anilines is 1. The molecule has 6 aromatic heterocycles. The van der Waals surface area contributed by atoms with Crippen LogP contribution in [-0.4, -0.2) is 128 Å². The first-order valence-corrected chi connectivity index (χ1v) is 27.5. The van der Waals surface area contributed by atoms with Gasteiger partial charge in [-0.3, -0.25) is 32.8 Å². The normalized spacial score (nSPS) is 17.5. The SMILES string of the molecule is C.C.CC(=O)Cc1cc2c3c(c1)c(C1=C(c4cnc5ccccn45)C(=O)CC1=O)cn3CCN(C(=O)N1CCCCC1)C2.Nc1cc2c3c(c1)c(C1=C(c4cnc5ccccn45)C(=O)CC1=O)cn3CCN(C(=O)N1CCCCC1)C2. The molecule has 2 N–H and O–H groups in total. The number of nitrogens with zero attached hydrogens (tertiary/aromatic N) is 10. The molecule has 18 nitrogen and oxygen atoms in total. The van der Waals surface area contributed by atoms with Gasteiger partial charge in [-0.1, -0.05) is 33.1 Å². The predicted octanol–water partition coefficient (Wildman–Crippen LogP) is 9.31. The highest BCUT2D eigenvalue weighted by Gasteiger charge is 2.39. The Morgan fingerprint density at radius 2 is 0.963 bits per heavy atom. The van der Waals surface area contributed by atoms with Gasteiger partial charge < -0.3 is 34.5 Å². The van der Waals surface area contributed by atoms with Crippen molar-refractivity contribution >= 4 is 102 Å². The molecule has 10 heterocycles. The Kier molecular flexibility index (Phi) is 14.4. The minimum absolute atomic E-state index is 0. The fourth-order valence-corrected chi connectivity index (χ4v) is 13.0. The first-order valence-electron chi connectivity index (χ1n) is 27.5. The van der Waals surface area contributed by atoms with Gasteiger partial charge >= 0.3 is 12.1 Å². The second-order valence-electron chi connectivity index (χ2n) is 21.8. The zero-order valence-electron chi connectivity index (χ0n) is 44.1. The van der Waals surface area contributed by atoms with E-state index in [-0.39, 0.29) is 75.1 Å². The van der Waals surface area contributed by atoms with Crippen LogP contribution < -0.4 is 5.73 Å². The number of rotatable bonds is 6. The van der Waals surface area contributed by atoms with Crippen LogP contribution in [0.15, 0.2) is 97.8 Å². The smallest absolute Gasteiger partial charge is 0.320 e. The summed E-state index contributed by atoms with van der Waals surface area (Å²) in [6.45, 7) is 7.83. The third kappa shape index (κ3) is 9.48. The maximum Gasteiger partial charge on any atom is 0.320 e. The number of nitrogen functional groups attached to an aromatic ring is 1. The Hall–Kier alpha value is -8.93. The van der Waals surface area contributed by atoms with Crippen molar-refractivity contribution < 1.29 is 33.6 Å². The van der Waals surface area contributed by atoms with Gasteiger partial charge in [-0.25, -0.2) is 19.6 Å². The Labute approximate surface area is 469 Å². The van der Waals surface area contributed by atoms with Crippen molar-refractivity contribution in [3.05, 3.63) is 137 Å². The molecule has 2 aromatic carbocycles. The number of fused-ring (bicyclic) bond motifs is 2. The average Bonchev–Trinajstić information content (AvgIpc) is 4.36. The maximum absolute atomic E-state index is 13.5. The largest absolute Gasteiger partial charge is 0.399 e. The number of amides is 4. The van der Waals surface area contributed by atoms with E-state index in [9.17, 15) is 33.6 Å². The topological polar surface area (TPSA) is 203 Å². The molecule has 0 saturated carbocycles. The lowest BCUT2D eigenvalue weighted by Crippen LogP contribution is -2.45. The third-order valence-electron chi connectivity index (χ3n) is 16.5. The summed E-state index contributed by atoms with van der Waals surface area (Å²) >= 11 is 0. The van der Waals surface area contributed by atoms with Crippen LogP contribution in [0.2, 0.25) is 0 Å². The van der Waals surface area contributed by atoms with Gasteiger partial charge in [-0.2, -0.15) is 0 Å². The summed E-state index contributed by atoms with van der Waals surface area (Å²) in [5, 5.41) is 1.66. The monoisotopic (exact) mass is 1090 g/mol. The van der Waals surface area contributed by atoms with Crippen molar-refractivity contribution in [2.45, 2.75) is 106 Å². The number of allylic oxidation sites excluding steroid dienone is 4. The van der Waals surface area contributed by atoms with E-state index < -0.39 is 0 Å². The van der Waals surface area contributed by atoms with Crippen LogP contribution in [0.3, 0.4) is 0 Å².